The lowest BCUT2D eigenvalue weighted by Crippen LogP contribution is -2.45. The zero-order valence-electron chi connectivity index (χ0n) is 13.4. The van der Waals surface area contributed by atoms with Gasteiger partial charge in [-0.05, 0) is 43.3 Å². The van der Waals surface area contributed by atoms with E-state index in [4.69, 9.17) is 4.43 Å². The molecule has 1 N–H and O–H groups in total. The van der Waals surface area contributed by atoms with E-state index in [9.17, 15) is 5.11 Å². The lowest BCUT2D eigenvalue weighted by atomic mass is 10.2. The molecule has 0 unspecified atom stereocenters. The third-order valence-corrected chi connectivity index (χ3v) is 8.49. The molecule has 2 atom stereocenters. The highest BCUT2D eigenvalue weighted by Crippen LogP contribution is 2.37. The predicted molar refractivity (Wildman–Crippen MR) is 87.0 cm³/mol. The molecule has 0 spiro atoms. The second-order valence-corrected chi connectivity index (χ2v) is 11.4. The number of rotatable bonds is 5. The van der Waals surface area contributed by atoms with Crippen molar-refractivity contribution >= 4 is 14.4 Å². The average Bonchev–Trinajstić information content (AvgIpc) is 2.35. The molecular formula is C16H27NO2Si. The Morgan fingerprint density at radius 2 is 1.95 bits per heavy atom. The van der Waals surface area contributed by atoms with E-state index >= 15 is 0 Å². The Kier molecular flexibility index (Phi) is 5.68. The van der Waals surface area contributed by atoms with Crippen molar-refractivity contribution in [2.45, 2.75) is 58.0 Å². The van der Waals surface area contributed by atoms with Crippen molar-refractivity contribution in [2.24, 2.45) is 0 Å². The fourth-order valence-corrected chi connectivity index (χ4v) is 2.96. The van der Waals surface area contributed by atoms with E-state index in [0.717, 1.165) is 5.69 Å². The second-order valence-electron chi connectivity index (χ2n) is 6.69. The van der Waals surface area contributed by atoms with E-state index in [2.05, 4.69) is 38.8 Å². The van der Waals surface area contributed by atoms with Crippen LogP contribution in [-0.4, -0.2) is 30.6 Å². The largest absolute Gasteiger partial charge is 0.411 e. The van der Waals surface area contributed by atoms with Gasteiger partial charge in [-0.1, -0.05) is 32.9 Å². The van der Waals surface area contributed by atoms with Gasteiger partial charge < -0.3 is 9.53 Å². The third kappa shape index (κ3) is 4.85. The number of hydrogen-bond donors (Lipinski definition) is 1. The van der Waals surface area contributed by atoms with Crippen molar-refractivity contribution < 1.29 is 9.53 Å². The lowest BCUT2D eigenvalue weighted by molar-refractivity contribution is 0.0697. The molecule has 0 aliphatic carbocycles. The molecule has 1 rings (SSSR count). The number of aromatic nitrogens is 1. The van der Waals surface area contributed by atoms with Crippen LogP contribution in [0.15, 0.2) is 30.5 Å². The first kappa shape index (κ1) is 17.1. The normalized spacial score (nSPS) is 16.4. The van der Waals surface area contributed by atoms with Crippen molar-refractivity contribution in [1.82, 2.24) is 4.98 Å². The molecule has 0 aromatic carbocycles. The number of hydrogen-bond acceptors (Lipinski definition) is 3. The first-order valence-electron chi connectivity index (χ1n) is 7.08. The summed E-state index contributed by atoms with van der Waals surface area (Å²) >= 11 is 0. The first-order chi connectivity index (χ1) is 9.13. The first-order valence-corrected chi connectivity index (χ1v) is 9.99. The zero-order chi connectivity index (χ0) is 15.4. The molecule has 0 aliphatic rings. The van der Waals surface area contributed by atoms with Crippen LogP contribution in [0, 0.1) is 0 Å². The molecule has 1 aromatic rings. The predicted octanol–water partition coefficient (Wildman–Crippen LogP) is 3.87. The minimum atomic E-state index is -1.85. The SMILES string of the molecule is C[C@@H](O[Si](C)(C)C(C)(C)C)[C@@H](O)/C=C/c1ccccn1. The standard InChI is InChI=1S/C16H27NO2Si/c1-13(19-20(5,6)16(2,3)4)15(18)11-10-14-9-7-8-12-17-14/h7-13,15,18H,1-6H3/b11-10+/t13-,15+/m1/s1. The highest BCUT2D eigenvalue weighted by molar-refractivity contribution is 6.74. The summed E-state index contributed by atoms with van der Waals surface area (Å²) in [5, 5.41) is 10.3. The molecular weight excluding hydrogens is 266 g/mol. The summed E-state index contributed by atoms with van der Waals surface area (Å²) in [7, 11) is -1.85. The molecule has 0 saturated heterocycles. The number of nitrogens with zero attached hydrogens (tertiary/aromatic N) is 1. The molecule has 112 valence electrons. The quantitative estimate of drug-likeness (QED) is 0.838. The van der Waals surface area contributed by atoms with Gasteiger partial charge in [0.15, 0.2) is 8.32 Å². The summed E-state index contributed by atoms with van der Waals surface area (Å²) in [5.74, 6) is 0. The van der Waals surface area contributed by atoms with Crippen LogP contribution in [-0.2, 0) is 4.43 Å². The Labute approximate surface area is 123 Å². The third-order valence-electron chi connectivity index (χ3n) is 3.92. The minimum Gasteiger partial charge on any atom is -0.411 e. The van der Waals surface area contributed by atoms with Gasteiger partial charge >= 0.3 is 0 Å². The van der Waals surface area contributed by atoms with Crippen LogP contribution in [0.2, 0.25) is 18.1 Å². The van der Waals surface area contributed by atoms with Crippen LogP contribution in [0.25, 0.3) is 6.08 Å². The molecule has 0 saturated carbocycles. The van der Waals surface area contributed by atoms with E-state index in [-0.39, 0.29) is 11.1 Å². The van der Waals surface area contributed by atoms with E-state index in [1.807, 2.05) is 31.2 Å². The molecule has 0 fully saturated rings. The van der Waals surface area contributed by atoms with E-state index in [1.54, 1.807) is 12.3 Å². The molecule has 3 nitrogen and oxygen atoms in total. The van der Waals surface area contributed by atoms with Gasteiger partial charge in [0.2, 0.25) is 0 Å². The van der Waals surface area contributed by atoms with E-state index in [1.165, 1.54) is 0 Å². The fourth-order valence-electron chi connectivity index (χ4n) is 1.54. The fraction of sp³-hybridized carbons (Fsp3) is 0.562. The average molecular weight is 293 g/mol. The van der Waals surface area contributed by atoms with Gasteiger partial charge in [-0.25, -0.2) is 0 Å². The number of aliphatic hydroxyl groups excluding tert-OH is 1. The molecule has 0 bridgehead atoms. The second kappa shape index (κ2) is 6.65. The molecule has 20 heavy (non-hydrogen) atoms. The Morgan fingerprint density at radius 1 is 1.30 bits per heavy atom. The summed E-state index contributed by atoms with van der Waals surface area (Å²) in [6, 6.07) is 5.70. The van der Waals surface area contributed by atoms with Crippen molar-refractivity contribution in [2.75, 3.05) is 0 Å². The smallest absolute Gasteiger partial charge is 0.192 e. The van der Waals surface area contributed by atoms with Gasteiger partial charge in [-0.15, -0.1) is 0 Å². The number of pyridine rings is 1. The maximum Gasteiger partial charge on any atom is 0.192 e. The topological polar surface area (TPSA) is 42.4 Å². The lowest BCUT2D eigenvalue weighted by Gasteiger charge is -2.39. The summed E-state index contributed by atoms with van der Waals surface area (Å²) in [5.41, 5.74) is 0.839. The van der Waals surface area contributed by atoms with Crippen LogP contribution in [0.4, 0.5) is 0 Å². The van der Waals surface area contributed by atoms with Crippen molar-refractivity contribution in [3.63, 3.8) is 0 Å². The van der Waals surface area contributed by atoms with Crippen molar-refractivity contribution in [3.05, 3.63) is 36.2 Å². The van der Waals surface area contributed by atoms with Gasteiger partial charge in [-0.3, -0.25) is 4.98 Å². The summed E-state index contributed by atoms with van der Waals surface area (Å²) in [4.78, 5) is 4.19. The summed E-state index contributed by atoms with van der Waals surface area (Å²) < 4.78 is 6.17. The molecule has 1 aromatic heterocycles. The van der Waals surface area contributed by atoms with Gasteiger partial charge in [-0.2, -0.15) is 0 Å². The Morgan fingerprint density at radius 3 is 2.45 bits per heavy atom. The summed E-state index contributed by atoms with van der Waals surface area (Å²) in [6.45, 7) is 12.9. The maximum absolute atomic E-state index is 10.2. The molecule has 1 heterocycles. The maximum atomic E-state index is 10.2. The Hall–Kier alpha value is -0.973. The van der Waals surface area contributed by atoms with Crippen molar-refractivity contribution in [3.8, 4) is 0 Å². The van der Waals surface area contributed by atoms with Gasteiger partial charge in [0.1, 0.15) is 0 Å². The van der Waals surface area contributed by atoms with Gasteiger partial charge in [0.25, 0.3) is 0 Å². The Bertz CT molecular complexity index is 438. The van der Waals surface area contributed by atoms with E-state index < -0.39 is 14.4 Å². The van der Waals surface area contributed by atoms with E-state index in [0.29, 0.717) is 0 Å². The highest BCUT2D eigenvalue weighted by Gasteiger charge is 2.39. The van der Waals surface area contributed by atoms with Gasteiger partial charge in [0, 0.05) is 6.20 Å². The zero-order valence-corrected chi connectivity index (χ0v) is 14.4. The monoisotopic (exact) mass is 293 g/mol. The Balaban J connectivity index is 2.64. The van der Waals surface area contributed by atoms with Crippen LogP contribution >= 0.6 is 0 Å². The molecule has 4 heteroatoms. The molecule has 0 aliphatic heterocycles. The van der Waals surface area contributed by atoms with Crippen LogP contribution in [0.3, 0.4) is 0 Å². The van der Waals surface area contributed by atoms with Crippen LogP contribution in [0.1, 0.15) is 33.4 Å². The van der Waals surface area contributed by atoms with Crippen LogP contribution < -0.4 is 0 Å². The molecule has 0 amide bonds. The minimum absolute atomic E-state index is 0.145. The number of aliphatic hydroxyl groups is 1. The van der Waals surface area contributed by atoms with Crippen molar-refractivity contribution in [1.29, 1.82) is 0 Å². The molecule has 0 radical (unpaired) electrons. The van der Waals surface area contributed by atoms with Gasteiger partial charge in [0.05, 0.1) is 17.9 Å². The summed E-state index contributed by atoms with van der Waals surface area (Å²) in [6.07, 6.45) is 4.49. The van der Waals surface area contributed by atoms with Crippen LogP contribution in [0.5, 0.6) is 0 Å². The highest BCUT2D eigenvalue weighted by atomic mass is 28.4.